The van der Waals surface area contributed by atoms with Gasteiger partial charge in [-0.05, 0) is 61.4 Å². The summed E-state index contributed by atoms with van der Waals surface area (Å²) in [5, 5.41) is 0. The van der Waals surface area contributed by atoms with E-state index in [2.05, 4.69) is 4.79 Å². The molecule has 2 rings (SSSR count). The van der Waals surface area contributed by atoms with Crippen LogP contribution in [0.3, 0.4) is 0 Å². The lowest BCUT2D eigenvalue weighted by molar-refractivity contribution is -0.00287. The van der Waals surface area contributed by atoms with Crippen LogP contribution in [0.2, 0.25) is 0 Å². The van der Waals surface area contributed by atoms with E-state index in [0.717, 1.165) is 33.8 Å². The Labute approximate surface area is 124 Å². The minimum atomic E-state index is 0.537. The highest BCUT2D eigenvalue weighted by atomic mass is 16.5. The average molecular weight is 282 g/mol. The molecule has 0 amide bonds. The molecular weight excluding hydrogens is 264 g/mol. The minimum absolute atomic E-state index is 0.537. The minimum Gasteiger partial charge on any atom is -0.497 e. The van der Waals surface area contributed by atoms with Crippen molar-refractivity contribution in [1.29, 1.82) is 0 Å². The third-order valence-electron chi connectivity index (χ3n) is 3.48. The molecule has 0 fully saturated rings. The quantitative estimate of drug-likeness (QED) is 0.490. The molecule has 0 spiro atoms. The van der Waals surface area contributed by atoms with Gasteiger partial charge >= 0.3 is 5.71 Å². The van der Waals surface area contributed by atoms with Gasteiger partial charge in [0, 0.05) is 0 Å². The fraction of sp³-hybridized carbons (Fsp3) is 0.235. The molecule has 0 atom stereocenters. The highest BCUT2D eigenvalue weighted by Crippen LogP contribution is 2.23. The molecular formula is C17H18N2O2. The Morgan fingerprint density at radius 2 is 1.29 bits per heavy atom. The van der Waals surface area contributed by atoms with E-state index >= 15 is 0 Å². The first kappa shape index (κ1) is 14.8. The SMILES string of the molecule is COc1ccc(C(=[N+]=[N-])c2ccc(OC)cc2C)c(C)c1. The third-order valence-corrected chi connectivity index (χ3v) is 3.48. The molecule has 0 aromatic heterocycles. The zero-order valence-electron chi connectivity index (χ0n) is 12.7. The lowest BCUT2D eigenvalue weighted by Gasteiger charge is -2.08. The van der Waals surface area contributed by atoms with Crippen molar-refractivity contribution >= 4 is 5.71 Å². The summed E-state index contributed by atoms with van der Waals surface area (Å²) in [6.45, 7) is 3.92. The highest BCUT2D eigenvalue weighted by molar-refractivity contribution is 6.11. The molecule has 0 saturated heterocycles. The van der Waals surface area contributed by atoms with E-state index in [9.17, 15) is 5.53 Å². The fourth-order valence-electron chi connectivity index (χ4n) is 2.31. The van der Waals surface area contributed by atoms with Crippen molar-refractivity contribution in [3.05, 3.63) is 64.2 Å². The maximum atomic E-state index is 9.46. The van der Waals surface area contributed by atoms with Gasteiger partial charge in [-0.15, -0.1) is 0 Å². The summed E-state index contributed by atoms with van der Waals surface area (Å²) in [5.74, 6) is 1.56. The zero-order chi connectivity index (χ0) is 15.4. The van der Waals surface area contributed by atoms with Crippen LogP contribution in [0, 0.1) is 13.8 Å². The third kappa shape index (κ3) is 2.96. The molecule has 0 aliphatic heterocycles. The number of nitrogens with zero attached hydrogens (tertiary/aromatic N) is 2. The number of aryl methyl sites for hydroxylation is 2. The summed E-state index contributed by atoms with van der Waals surface area (Å²) in [6, 6.07) is 11.3. The predicted molar refractivity (Wildman–Crippen MR) is 82.3 cm³/mol. The lowest BCUT2D eigenvalue weighted by atomic mass is 9.95. The molecule has 2 aromatic carbocycles. The average Bonchev–Trinajstić information content (AvgIpc) is 2.50. The zero-order valence-corrected chi connectivity index (χ0v) is 12.7. The molecule has 0 bridgehead atoms. The Morgan fingerprint density at radius 3 is 1.57 bits per heavy atom. The molecule has 0 aliphatic carbocycles. The standard InChI is InChI=1S/C17H18N2O2/c1-11-9-13(20-3)5-7-15(11)17(19-18)16-8-6-14(21-4)10-12(16)2/h5-10H,1-4H3. The van der Waals surface area contributed by atoms with Crippen molar-refractivity contribution in [2.24, 2.45) is 0 Å². The smallest absolute Gasteiger partial charge is 0.330 e. The Balaban J connectivity index is 2.53. The number of hydrogen-bond donors (Lipinski definition) is 0. The van der Waals surface area contributed by atoms with Crippen molar-refractivity contribution in [3.63, 3.8) is 0 Å². The second-order valence-corrected chi connectivity index (χ2v) is 4.81. The molecule has 0 N–H and O–H groups in total. The van der Waals surface area contributed by atoms with E-state index in [1.807, 2.05) is 50.2 Å². The second-order valence-electron chi connectivity index (χ2n) is 4.81. The van der Waals surface area contributed by atoms with Gasteiger partial charge in [0.1, 0.15) is 11.5 Å². The lowest BCUT2D eigenvalue weighted by Crippen LogP contribution is -2.09. The summed E-state index contributed by atoms with van der Waals surface area (Å²) in [6.07, 6.45) is 0. The maximum Gasteiger partial charge on any atom is 0.330 e. The molecule has 0 unspecified atom stereocenters. The van der Waals surface area contributed by atoms with E-state index in [-0.39, 0.29) is 0 Å². The summed E-state index contributed by atoms with van der Waals surface area (Å²) in [5.41, 5.74) is 13.7. The van der Waals surface area contributed by atoms with Crippen molar-refractivity contribution in [3.8, 4) is 11.5 Å². The number of ether oxygens (including phenoxy) is 2. The second kappa shape index (κ2) is 6.25. The van der Waals surface area contributed by atoms with Crippen molar-refractivity contribution in [2.45, 2.75) is 13.8 Å². The fourth-order valence-corrected chi connectivity index (χ4v) is 2.31. The van der Waals surface area contributed by atoms with Crippen molar-refractivity contribution in [1.82, 2.24) is 0 Å². The first-order chi connectivity index (χ1) is 10.1. The Bertz CT molecular complexity index is 661. The number of benzene rings is 2. The molecule has 2 aromatic rings. The topological polar surface area (TPSA) is 54.9 Å². The van der Waals surface area contributed by atoms with Crippen molar-refractivity contribution in [2.75, 3.05) is 14.2 Å². The number of methoxy groups -OCH3 is 2. The van der Waals surface area contributed by atoms with Crippen LogP contribution in [0.5, 0.6) is 11.5 Å². The van der Waals surface area contributed by atoms with E-state index in [0.29, 0.717) is 5.71 Å². The van der Waals surface area contributed by atoms with E-state index < -0.39 is 0 Å². The Morgan fingerprint density at radius 1 is 0.857 bits per heavy atom. The van der Waals surface area contributed by atoms with Crippen molar-refractivity contribution < 1.29 is 14.3 Å². The molecule has 0 radical (unpaired) electrons. The summed E-state index contributed by atoms with van der Waals surface area (Å²) >= 11 is 0. The largest absolute Gasteiger partial charge is 0.497 e. The molecule has 0 heterocycles. The van der Waals surface area contributed by atoms with Gasteiger partial charge in [-0.3, -0.25) is 0 Å². The van der Waals surface area contributed by atoms with Crippen LogP contribution in [0.15, 0.2) is 36.4 Å². The molecule has 0 aliphatic rings. The van der Waals surface area contributed by atoms with Crippen LogP contribution in [-0.2, 0) is 0 Å². The van der Waals surface area contributed by atoms with Gasteiger partial charge in [0.15, 0.2) is 0 Å². The van der Waals surface area contributed by atoms with Crippen LogP contribution >= 0.6 is 0 Å². The number of hydrogen-bond acceptors (Lipinski definition) is 2. The molecule has 108 valence electrons. The van der Waals surface area contributed by atoms with Gasteiger partial charge in [0.25, 0.3) is 0 Å². The predicted octanol–water partition coefficient (Wildman–Crippen LogP) is 3.39. The van der Waals surface area contributed by atoms with Crippen LogP contribution in [0.4, 0.5) is 0 Å². The van der Waals surface area contributed by atoms with Crippen LogP contribution in [-0.4, -0.2) is 24.7 Å². The molecule has 21 heavy (non-hydrogen) atoms. The Hall–Kier alpha value is -2.58. The highest BCUT2D eigenvalue weighted by Gasteiger charge is 2.20. The normalized spacial score (nSPS) is 9.90. The van der Waals surface area contributed by atoms with Gasteiger partial charge in [-0.1, -0.05) is 0 Å². The summed E-state index contributed by atoms with van der Waals surface area (Å²) in [4.78, 5) is 3.50. The first-order valence-corrected chi connectivity index (χ1v) is 6.62. The van der Waals surface area contributed by atoms with Crippen LogP contribution in [0.25, 0.3) is 5.53 Å². The van der Waals surface area contributed by atoms with E-state index in [4.69, 9.17) is 9.47 Å². The number of rotatable bonds is 4. The van der Waals surface area contributed by atoms with Gasteiger partial charge < -0.3 is 15.0 Å². The van der Waals surface area contributed by atoms with E-state index in [1.54, 1.807) is 14.2 Å². The summed E-state index contributed by atoms with van der Waals surface area (Å²) < 4.78 is 10.4. The van der Waals surface area contributed by atoms with Gasteiger partial charge in [-0.25, -0.2) is 0 Å². The summed E-state index contributed by atoms with van der Waals surface area (Å²) in [7, 11) is 3.26. The van der Waals surface area contributed by atoms with Gasteiger partial charge in [0.05, 0.1) is 25.3 Å². The molecule has 4 heteroatoms. The van der Waals surface area contributed by atoms with E-state index in [1.165, 1.54) is 0 Å². The molecule has 4 nitrogen and oxygen atoms in total. The van der Waals surface area contributed by atoms with Gasteiger partial charge in [0.2, 0.25) is 0 Å². The van der Waals surface area contributed by atoms with Crippen LogP contribution in [0.1, 0.15) is 22.3 Å². The molecule has 0 saturated carbocycles. The van der Waals surface area contributed by atoms with Gasteiger partial charge in [-0.2, -0.15) is 4.79 Å². The maximum absolute atomic E-state index is 9.46. The van der Waals surface area contributed by atoms with Crippen LogP contribution < -0.4 is 9.47 Å². The first-order valence-electron chi connectivity index (χ1n) is 6.62. The Kier molecular flexibility index (Phi) is 4.41. The monoisotopic (exact) mass is 282 g/mol.